The van der Waals surface area contributed by atoms with Gasteiger partial charge in [0.2, 0.25) is 5.91 Å². The summed E-state index contributed by atoms with van der Waals surface area (Å²) in [6, 6.07) is 3.77. The van der Waals surface area contributed by atoms with Gasteiger partial charge >= 0.3 is 0 Å². The first-order chi connectivity index (χ1) is 8.24. The summed E-state index contributed by atoms with van der Waals surface area (Å²) in [6.45, 7) is 0. The van der Waals surface area contributed by atoms with Gasteiger partial charge in [0, 0.05) is 25.1 Å². The Balaban J connectivity index is 1.62. The van der Waals surface area contributed by atoms with Gasteiger partial charge in [-0.15, -0.1) is 0 Å². The van der Waals surface area contributed by atoms with E-state index in [1.54, 1.807) is 23.3 Å². The minimum Gasteiger partial charge on any atom is -0.469 e. The van der Waals surface area contributed by atoms with Crippen molar-refractivity contribution in [3.63, 3.8) is 0 Å². The number of aromatic nitrogens is 2. The van der Waals surface area contributed by atoms with Crippen molar-refractivity contribution < 1.29 is 9.21 Å². The Labute approximate surface area is 98.4 Å². The smallest absolute Gasteiger partial charge is 0.228 e. The SMILES string of the molecule is Cn1cc(NC(=O)C2CC2c2ccco2)cn1. The zero-order valence-electron chi connectivity index (χ0n) is 9.46. The molecule has 1 saturated carbocycles. The van der Waals surface area contributed by atoms with Crippen molar-refractivity contribution in [3.05, 3.63) is 36.5 Å². The van der Waals surface area contributed by atoms with Gasteiger partial charge in [0.05, 0.1) is 18.1 Å². The molecule has 88 valence electrons. The number of hydrogen-bond acceptors (Lipinski definition) is 3. The van der Waals surface area contributed by atoms with E-state index < -0.39 is 0 Å². The summed E-state index contributed by atoms with van der Waals surface area (Å²) in [5, 5.41) is 6.85. The van der Waals surface area contributed by atoms with Crippen molar-refractivity contribution in [2.75, 3.05) is 5.32 Å². The maximum absolute atomic E-state index is 11.9. The Morgan fingerprint density at radius 2 is 2.53 bits per heavy atom. The molecule has 1 N–H and O–H groups in total. The van der Waals surface area contributed by atoms with Crippen LogP contribution in [0.2, 0.25) is 0 Å². The van der Waals surface area contributed by atoms with Crippen LogP contribution in [0.25, 0.3) is 0 Å². The molecule has 1 amide bonds. The molecule has 2 atom stereocenters. The number of amides is 1. The van der Waals surface area contributed by atoms with Crippen LogP contribution >= 0.6 is 0 Å². The van der Waals surface area contributed by atoms with Crippen molar-refractivity contribution >= 4 is 11.6 Å². The van der Waals surface area contributed by atoms with Gasteiger partial charge in [-0.2, -0.15) is 5.10 Å². The van der Waals surface area contributed by atoms with E-state index in [1.807, 2.05) is 19.2 Å². The molecule has 0 aliphatic heterocycles. The average Bonchev–Trinajstić information content (AvgIpc) is 2.72. The molecule has 17 heavy (non-hydrogen) atoms. The number of rotatable bonds is 3. The number of nitrogens with zero attached hydrogens (tertiary/aromatic N) is 2. The minimum absolute atomic E-state index is 0.0290. The zero-order chi connectivity index (χ0) is 11.8. The van der Waals surface area contributed by atoms with E-state index in [2.05, 4.69) is 10.4 Å². The number of anilines is 1. The summed E-state index contributed by atoms with van der Waals surface area (Å²) in [5.41, 5.74) is 0.739. The van der Waals surface area contributed by atoms with Crippen LogP contribution in [0.4, 0.5) is 5.69 Å². The molecule has 0 radical (unpaired) electrons. The van der Waals surface area contributed by atoms with E-state index in [4.69, 9.17) is 4.42 Å². The Bertz CT molecular complexity index is 530. The van der Waals surface area contributed by atoms with Gasteiger partial charge in [0.1, 0.15) is 5.76 Å². The maximum atomic E-state index is 11.9. The molecule has 5 heteroatoms. The lowest BCUT2D eigenvalue weighted by Crippen LogP contribution is -2.14. The van der Waals surface area contributed by atoms with E-state index in [0.29, 0.717) is 0 Å². The lowest BCUT2D eigenvalue weighted by atomic mass is 10.2. The van der Waals surface area contributed by atoms with Crippen molar-refractivity contribution in [1.29, 1.82) is 0 Å². The van der Waals surface area contributed by atoms with E-state index in [0.717, 1.165) is 17.9 Å². The number of carbonyl (C=O) groups excluding carboxylic acids is 1. The first kappa shape index (κ1) is 10.1. The highest BCUT2D eigenvalue weighted by Crippen LogP contribution is 2.48. The van der Waals surface area contributed by atoms with Crippen LogP contribution in [-0.4, -0.2) is 15.7 Å². The summed E-state index contributed by atoms with van der Waals surface area (Å²) < 4.78 is 6.95. The molecule has 0 saturated heterocycles. The number of aryl methyl sites for hydroxylation is 1. The quantitative estimate of drug-likeness (QED) is 0.875. The second-order valence-electron chi connectivity index (χ2n) is 4.36. The predicted molar refractivity (Wildman–Crippen MR) is 61.4 cm³/mol. The molecule has 2 heterocycles. The third-order valence-electron chi connectivity index (χ3n) is 3.01. The van der Waals surface area contributed by atoms with Crippen molar-refractivity contribution in [2.24, 2.45) is 13.0 Å². The topological polar surface area (TPSA) is 60.1 Å². The highest BCUT2D eigenvalue weighted by molar-refractivity contribution is 5.94. The van der Waals surface area contributed by atoms with Crippen molar-refractivity contribution in [3.8, 4) is 0 Å². The fraction of sp³-hybridized carbons (Fsp3) is 0.333. The number of carbonyl (C=O) groups is 1. The third-order valence-corrected chi connectivity index (χ3v) is 3.01. The molecule has 0 aromatic carbocycles. The molecule has 1 fully saturated rings. The predicted octanol–water partition coefficient (Wildman–Crippen LogP) is 1.76. The van der Waals surface area contributed by atoms with Gasteiger partial charge in [-0.3, -0.25) is 9.48 Å². The standard InChI is InChI=1S/C12H13N3O2/c1-15-7-8(6-13-15)14-12(16)10-5-9(10)11-3-2-4-17-11/h2-4,6-7,9-10H,5H2,1H3,(H,14,16). The van der Waals surface area contributed by atoms with Crippen molar-refractivity contribution in [2.45, 2.75) is 12.3 Å². The first-order valence-corrected chi connectivity index (χ1v) is 5.57. The molecule has 2 aromatic rings. The summed E-state index contributed by atoms with van der Waals surface area (Å²) in [6.07, 6.45) is 5.92. The Kier molecular flexibility index (Phi) is 2.24. The zero-order valence-corrected chi connectivity index (χ0v) is 9.46. The molecule has 0 spiro atoms. The van der Waals surface area contributed by atoms with Crippen LogP contribution in [0.15, 0.2) is 35.2 Å². The minimum atomic E-state index is 0.0290. The van der Waals surface area contributed by atoms with Gasteiger partial charge in [-0.25, -0.2) is 0 Å². The van der Waals surface area contributed by atoms with Crippen molar-refractivity contribution in [1.82, 2.24) is 9.78 Å². The molecule has 2 aromatic heterocycles. The Morgan fingerprint density at radius 3 is 3.18 bits per heavy atom. The fourth-order valence-corrected chi connectivity index (χ4v) is 2.02. The third kappa shape index (κ3) is 1.95. The number of nitrogens with one attached hydrogen (secondary N) is 1. The largest absolute Gasteiger partial charge is 0.469 e. The summed E-state index contributed by atoms with van der Waals surface area (Å²) >= 11 is 0. The van der Waals surface area contributed by atoms with E-state index in [1.165, 1.54) is 0 Å². The molecule has 2 unspecified atom stereocenters. The van der Waals surface area contributed by atoms with Gasteiger partial charge in [-0.05, 0) is 18.6 Å². The molecule has 5 nitrogen and oxygen atoms in total. The van der Waals surface area contributed by atoms with E-state index >= 15 is 0 Å². The molecule has 3 rings (SSSR count). The summed E-state index contributed by atoms with van der Waals surface area (Å²) in [4.78, 5) is 11.9. The average molecular weight is 231 g/mol. The molecular weight excluding hydrogens is 218 g/mol. The lowest BCUT2D eigenvalue weighted by Gasteiger charge is -2.00. The van der Waals surface area contributed by atoms with Gasteiger partial charge in [-0.1, -0.05) is 0 Å². The Hall–Kier alpha value is -2.04. The van der Waals surface area contributed by atoms with Crippen LogP contribution in [-0.2, 0) is 11.8 Å². The normalized spacial score (nSPS) is 22.4. The van der Waals surface area contributed by atoms with Crippen LogP contribution in [0.3, 0.4) is 0 Å². The number of furan rings is 1. The van der Waals surface area contributed by atoms with Crippen LogP contribution in [0, 0.1) is 5.92 Å². The lowest BCUT2D eigenvalue weighted by molar-refractivity contribution is -0.117. The highest BCUT2D eigenvalue weighted by atomic mass is 16.3. The van der Waals surface area contributed by atoms with Gasteiger partial charge in [0.15, 0.2) is 0 Å². The summed E-state index contributed by atoms with van der Waals surface area (Å²) in [7, 11) is 1.82. The van der Waals surface area contributed by atoms with Crippen LogP contribution < -0.4 is 5.32 Å². The fourth-order valence-electron chi connectivity index (χ4n) is 2.02. The van der Waals surface area contributed by atoms with E-state index in [-0.39, 0.29) is 17.7 Å². The molecular formula is C12H13N3O2. The van der Waals surface area contributed by atoms with E-state index in [9.17, 15) is 4.79 Å². The molecule has 0 bridgehead atoms. The maximum Gasteiger partial charge on any atom is 0.228 e. The second-order valence-corrected chi connectivity index (χ2v) is 4.36. The summed E-state index contributed by atoms with van der Waals surface area (Å²) in [5.74, 6) is 1.21. The first-order valence-electron chi connectivity index (χ1n) is 5.57. The number of hydrogen-bond donors (Lipinski definition) is 1. The Morgan fingerprint density at radius 1 is 1.65 bits per heavy atom. The van der Waals surface area contributed by atoms with Gasteiger partial charge < -0.3 is 9.73 Å². The monoisotopic (exact) mass is 231 g/mol. The highest BCUT2D eigenvalue weighted by Gasteiger charge is 2.45. The molecule has 1 aliphatic rings. The van der Waals surface area contributed by atoms with Gasteiger partial charge in [0.25, 0.3) is 0 Å². The second kappa shape index (κ2) is 3.76. The van der Waals surface area contributed by atoms with Crippen LogP contribution in [0.1, 0.15) is 18.1 Å². The molecule has 1 aliphatic carbocycles. The van der Waals surface area contributed by atoms with Crippen LogP contribution in [0.5, 0.6) is 0 Å².